The average molecular weight is 416 g/mol. The highest BCUT2D eigenvalue weighted by Gasteiger charge is 2.50. The third-order valence-corrected chi connectivity index (χ3v) is 6.30. The van der Waals surface area contributed by atoms with Gasteiger partial charge in [0.05, 0.1) is 17.2 Å². The Bertz CT molecular complexity index is 824. The van der Waals surface area contributed by atoms with Gasteiger partial charge in [0.2, 0.25) is 0 Å². The van der Waals surface area contributed by atoms with E-state index in [1.54, 1.807) is 7.11 Å². The fourth-order valence-electron chi connectivity index (χ4n) is 4.81. The van der Waals surface area contributed by atoms with Crippen molar-refractivity contribution in [2.75, 3.05) is 20.8 Å². The smallest absolute Gasteiger partial charge is 0.337 e. The molecule has 0 saturated heterocycles. The van der Waals surface area contributed by atoms with Gasteiger partial charge < -0.3 is 19.5 Å². The van der Waals surface area contributed by atoms with Gasteiger partial charge in [-0.1, -0.05) is 31.5 Å². The van der Waals surface area contributed by atoms with Gasteiger partial charge in [0.25, 0.3) is 5.91 Å². The van der Waals surface area contributed by atoms with Crippen molar-refractivity contribution < 1.29 is 23.8 Å². The predicted molar refractivity (Wildman–Crippen MR) is 115 cm³/mol. The molecule has 1 aliphatic carbocycles. The van der Waals surface area contributed by atoms with Crippen LogP contribution in [0.5, 0.6) is 0 Å². The summed E-state index contributed by atoms with van der Waals surface area (Å²) in [5.41, 5.74) is 4.10. The molecule has 0 aromatic heterocycles. The number of rotatable bonds is 7. The summed E-state index contributed by atoms with van der Waals surface area (Å²) in [5.74, 6) is -0.199. The molecule has 1 fully saturated rings. The highest BCUT2D eigenvalue weighted by molar-refractivity contribution is 6.24. The Hall–Kier alpha value is -2.18. The van der Waals surface area contributed by atoms with Crippen LogP contribution in [-0.2, 0) is 36.6 Å². The predicted octanol–water partition coefficient (Wildman–Crippen LogP) is 3.48. The topological polar surface area (TPSA) is 73.9 Å². The van der Waals surface area contributed by atoms with Crippen molar-refractivity contribution in [3.8, 4) is 0 Å². The minimum atomic E-state index is -0.675. The van der Waals surface area contributed by atoms with E-state index >= 15 is 0 Å². The number of hydrogen-bond acceptors (Lipinski definition) is 5. The van der Waals surface area contributed by atoms with Crippen molar-refractivity contribution in [3.63, 3.8) is 0 Å². The van der Waals surface area contributed by atoms with Gasteiger partial charge >= 0.3 is 5.97 Å². The first-order chi connectivity index (χ1) is 14.4. The van der Waals surface area contributed by atoms with Crippen molar-refractivity contribution in [2.45, 2.75) is 70.9 Å². The van der Waals surface area contributed by atoms with E-state index in [4.69, 9.17) is 14.2 Å². The number of ether oxygens (including phenoxy) is 3. The van der Waals surface area contributed by atoms with E-state index in [-0.39, 0.29) is 18.6 Å². The third-order valence-electron chi connectivity index (χ3n) is 6.30. The van der Waals surface area contributed by atoms with Crippen LogP contribution in [0.2, 0.25) is 0 Å². The Morgan fingerprint density at radius 1 is 1.13 bits per heavy atom. The Morgan fingerprint density at radius 2 is 1.73 bits per heavy atom. The van der Waals surface area contributed by atoms with Gasteiger partial charge in [-0.15, -0.1) is 0 Å². The first kappa shape index (κ1) is 22.5. The maximum absolute atomic E-state index is 13.3. The molecule has 1 heterocycles. The number of methoxy groups -OCH3 is 2. The van der Waals surface area contributed by atoms with Gasteiger partial charge in [-0.2, -0.15) is 0 Å². The average Bonchev–Trinajstić information content (AvgIpc) is 2.98. The van der Waals surface area contributed by atoms with E-state index in [2.05, 4.69) is 38.2 Å². The summed E-state index contributed by atoms with van der Waals surface area (Å²) in [6, 6.07) is 4.24. The van der Waals surface area contributed by atoms with Crippen molar-refractivity contribution in [1.29, 1.82) is 0 Å². The number of amides is 1. The largest absolute Gasteiger partial charge is 0.426 e. The zero-order chi connectivity index (χ0) is 21.9. The maximum atomic E-state index is 13.3. The Kier molecular flexibility index (Phi) is 6.98. The van der Waals surface area contributed by atoms with E-state index in [9.17, 15) is 9.59 Å². The molecule has 164 valence electrons. The molecule has 0 radical (unpaired) electrons. The molecule has 0 atom stereocenters. The van der Waals surface area contributed by atoms with Gasteiger partial charge in [0.1, 0.15) is 12.4 Å². The molecule has 6 heteroatoms. The molecule has 1 aliphatic heterocycles. The first-order valence-corrected chi connectivity index (χ1v) is 10.8. The van der Waals surface area contributed by atoms with Crippen LogP contribution in [-0.4, -0.2) is 44.3 Å². The lowest BCUT2D eigenvalue weighted by Crippen LogP contribution is -2.49. The zero-order valence-corrected chi connectivity index (χ0v) is 18.7. The third kappa shape index (κ3) is 4.16. The number of benzene rings is 1. The van der Waals surface area contributed by atoms with Crippen LogP contribution in [0.4, 0.5) is 0 Å². The maximum Gasteiger partial charge on any atom is 0.337 e. The van der Waals surface area contributed by atoms with Gasteiger partial charge in [-0.3, -0.25) is 4.79 Å². The van der Waals surface area contributed by atoms with Crippen molar-refractivity contribution in [3.05, 3.63) is 40.1 Å². The summed E-state index contributed by atoms with van der Waals surface area (Å²) in [4.78, 5) is 25.8. The normalized spacial score (nSPS) is 23.8. The van der Waals surface area contributed by atoms with E-state index in [0.29, 0.717) is 24.2 Å². The SMILES string of the molecule is CCc1cc(C)cc(CC)c1C1=C(OC(=O)COC)C2(CCC(OC)CC2)NC1=O. The number of aryl methyl sites for hydroxylation is 3. The summed E-state index contributed by atoms with van der Waals surface area (Å²) in [7, 11) is 3.17. The molecule has 6 nitrogen and oxygen atoms in total. The van der Waals surface area contributed by atoms with Crippen LogP contribution < -0.4 is 5.32 Å². The molecule has 0 unspecified atom stereocenters. The summed E-state index contributed by atoms with van der Waals surface area (Å²) in [6.45, 7) is 6.08. The number of hydrogen-bond donors (Lipinski definition) is 1. The summed E-state index contributed by atoms with van der Waals surface area (Å²) in [5, 5.41) is 3.19. The van der Waals surface area contributed by atoms with Crippen LogP contribution in [0.25, 0.3) is 5.57 Å². The second-order valence-electron chi connectivity index (χ2n) is 8.25. The molecule has 1 saturated carbocycles. The molecule has 3 rings (SSSR count). The fraction of sp³-hybridized carbons (Fsp3) is 0.583. The summed E-state index contributed by atoms with van der Waals surface area (Å²) >= 11 is 0. The lowest BCUT2D eigenvalue weighted by atomic mass is 9.78. The van der Waals surface area contributed by atoms with Gasteiger partial charge in [-0.25, -0.2) is 4.79 Å². The van der Waals surface area contributed by atoms with Crippen LogP contribution >= 0.6 is 0 Å². The molecular weight excluding hydrogens is 382 g/mol. The molecule has 1 amide bonds. The van der Waals surface area contributed by atoms with Crippen LogP contribution in [0, 0.1) is 6.92 Å². The minimum absolute atomic E-state index is 0.156. The number of carbonyl (C=O) groups is 2. The number of nitrogens with one attached hydrogen (secondary N) is 1. The van der Waals surface area contributed by atoms with Crippen LogP contribution in [0.3, 0.4) is 0 Å². The Balaban J connectivity index is 2.18. The van der Waals surface area contributed by atoms with Gasteiger partial charge in [-0.05, 0) is 62.1 Å². The molecule has 0 bridgehead atoms. The van der Waals surface area contributed by atoms with Crippen LogP contribution in [0.1, 0.15) is 61.8 Å². The lowest BCUT2D eigenvalue weighted by molar-refractivity contribution is -0.145. The molecule has 1 aromatic rings. The molecule has 1 N–H and O–H groups in total. The zero-order valence-electron chi connectivity index (χ0n) is 18.7. The van der Waals surface area contributed by atoms with E-state index in [0.717, 1.165) is 42.4 Å². The quantitative estimate of drug-likeness (QED) is 0.690. The van der Waals surface area contributed by atoms with E-state index in [1.165, 1.54) is 12.7 Å². The van der Waals surface area contributed by atoms with E-state index < -0.39 is 11.5 Å². The van der Waals surface area contributed by atoms with Gasteiger partial charge in [0, 0.05) is 14.2 Å². The second-order valence-corrected chi connectivity index (χ2v) is 8.25. The van der Waals surface area contributed by atoms with E-state index in [1.807, 2.05) is 0 Å². The number of carbonyl (C=O) groups excluding carboxylic acids is 2. The van der Waals surface area contributed by atoms with Crippen molar-refractivity contribution >= 4 is 17.4 Å². The number of esters is 1. The lowest BCUT2D eigenvalue weighted by Gasteiger charge is -2.37. The molecular formula is C24H33NO5. The molecule has 1 spiro atoms. The summed E-state index contributed by atoms with van der Waals surface area (Å²) in [6.07, 6.45) is 4.67. The second kappa shape index (κ2) is 9.31. The monoisotopic (exact) mass is 415 g/mol. The summed E-state index contributed by atoms with van der Waals surface area (Å²) < 4.78 is 16.4. The van der Waals surface area contributed by atoms with Crippen molar-refractivity contribution in [1.82, 2.24) is 5.32 Å². The standard InChI is InChI=1S/C24H33NO5/c1-6-16-12-15(3)13-17(7-2)20(16)21-22(30-19(26)14-28-4)24(25-23(21)27)10-8-18(29-5)9-11-24/h12-13,18H,6-11,14H2,1-5H3,(H,25,27). The molecule has 1 aromatic carbocycles. The Morgan fingerprint density at radius 3 is 2.23 bits per heavy atom. The highest BCUT2D eigenvalue weighted by atomic mass is 16.6. The molecule has 30 heavy (non-hydrogen) atoms. The highest BCUT2D eigenvalue weighted by Crippen LogP contribution is 2.45. The Labute approximate surface area is 179 Å². The van der Waals surface area contributed by atoms with Crippen molar-refractivity contribution in [2.24, 2.45) is 0 Å². The minimum Gasteiger partial charge on any atom is -0.426 e. The fourth-order valence-corrected chi connectivity index (χ4v) is 4.81. The molecule has 2 aliphatic rings. The first-order valence-electron chi connectivity index (χ1n) is 10.8. The van der Waals surface area contributed by atoms with Gasteiger partial charge in [0.15, 0.2) is 0 Å². The van der Waals surface area contributed by atoms with Crippen LogP contribution in [0.15, 0.2) is 17.9 Å².